The van der Waals surface area contributed by atoms with Crippen LogP contribution in [0.1, 0.15) is 12.7 Å². The summed E-state index contributed by atoms with van der Waals surface area (Å²) in [5, 5.41) is 1.16. The first-order valence-electron chi connectivity index (χ1n) is 7.49. The third-order valence-corrected chi connectivity index (χ3v) is 3.68. The van der Waals surface area contributed by atoms with Crippen LogP contribution in [0.2, 0.25) is 5.15 Å². The highest BCUT2D eigenvalue weighted by Gasteiger charge is 2.19. The number of aromatic nitrogens is 3. The normalized spacial score (nSPS) is 15.0. The first-order valence-corrected chi connectivity index (χ1v) is 7.86. The molecule has 0 bridgehead atoms. The van der Waals surface area contributed by atoms with Gasteiger partial charge in [0.15, 0.2) is 5.65 Å². The zero-order valence-electron chi connectivity index (χ0n) is 12.8. The number of nitrogens with zero attached hydrogens (tertiary/aromatic N) is 4. The fraction of sp³-hybridized carbons (Fsp3) is 0.467. The summed E-state index contributed by atoms with van der Waals surface area (Å²) >= 11 is 5.97. The largest absolute Gasteiger partial charge is 0.466 e. The van der Waals surface area contributed by atoms with E-state index in [2.05, 4.69) is 19.9 Å². The van der Waals surface area contributed by atoms with Crippen LogP contribution < -0.4 is 4.90 Å². The number of rotatable bonds is 4. The van der Waals surface area contributed by atoms with Gasteiger partial charge in [0.1, 0.15) is 23.2 Å². The van der Waals surface area contributed by atoms with Gasteiger partial charge in [-0.25, -0.2) is 15.0 Å². The highest BCUT2D eigenvalue weighted by molar-refractivity contribution is 6.29. The average molecular weight is 337 g/mol. The van der Waals surface area contributed by atoms with Gasteiger partial charge < -0.3 is 14.4 Å². The lowest BCUT2D eigenvalue weighted by molar-refractivity contribution is -0.142. The zero-order valence-corrected chi connectivity index (χ0v) is 13.5. The van der Waals surface area contributed by atoms with Crippen molar-refractivity contribution in [2.75, 3.05) is 37.8 Å². The van der Waals surface area contributed by atoms with Crippen LogP contribution in [0.5, 0.6) is 0 Å². The fourth-order valence-electron chi connectivity index (χ4n) is 2.45. The van der Waals surface area contributed by atoms with Gasteiger partial charge in [0.2, 0.25) is 0 Å². The van der Waals surface area contributed by atoms with Gasteiger partial charge in [0.25, 0.3) is 0 Å². The van der Waals surface area contributed by atoms with E-state index in [4.69, 9.17) is 21.1 Å². The Kier molecular flexibility index (Phi) is 4.88. The molecule has 3 heterocycles. The summed E-state index contributed by atoms with van der Waals surface area (Å²) < 4.78 is 10.4. The van der Waals surface area contributed by atoms with Crippen LogP contribution in [0.3, 0.4) is 0 Å². The maximum atomic E-state index is 11.7. The number of hydrogen-bond acceptors (Lipinski definition) is 7. The van der Waals surface area contributed by atoms with E-state index in [9.17, 15) is 4.79 Å². The third-order valence-electron chi connectivity index (χ3n) is 3.47. The third kappa shape index (κ3) is 3.68. The van der Waals surface area contributed by atoms with Gasteiger partial charge in [-0.05, 0) is 19.1 Å². The summed E-state index contributed by atoms with van der Waals surface area (Å²) in [5.74, 6) is 0.774. The van der Waals surface area contributed by atoms with Gasteiger partial charge in [0.05, 0.1) is 25.2 Å². The second-order valence-corrected chi connectivity index (χ2v) is 5.44. The number of esters is 1. The molecule has 1 fully saturated rings. The van der Waals surface area contributed by atoms with E-state index < -0.39 is 0 Å². The fourth-order valence-corrected chi connectivity index (χ4v) is 2.59. The molecule has 1 aliphatic rings. The maximum absolute atomic E-state index is 11.7. The van der Waals surface area contributed by atoms with Crippen LogP contribution in [0.4, 0.5) is 5.82 Å². The lowest BCUT2D eigenvalue weighted by Crippen LogP contribution is -2.37. The minimum atomic E-state index is -0.359. The van der Waals surface area contributed by atoms with Gasteiger partial charge >= 0.3 is 5.97 Å². The number of hydrogen-bond donors (Lipinski definition) is 0. The Morgan fingerprint density at radius 3 is 2.83 bits per heavy atom. The number of anilines is 1. The smallest absolute Gasteiger partial charge is 0.313 e. The van der Waals surface area contributed by atoms with Crippen LogP contribution in [-0.2, 0) is 20.7 Å². The van der Waals surface area contributed by atoms with Crippen molar-refractivity contribution in [2.45, 2.75) is 13.3 Å². The predicted molar refractivity (Wildman–Crippen MR) is 85.7 cm³/mol. The number of carbonyl (C=O) groups is 1. The molecule has 0 radical (unpaired) electrons. The molecule has 2 aromatic heterocycles. The number of morpholine rings is 1. The van der Waals surface area contributed by atoms with E-state index in [0.29, 0.717) is 36.4 Å². The quantitative estimate of drug-likeness (QED) is 0.620. The Labute approximate surface area is 138 Å². The Balaban J connectivity index is 2.02. The lowest BCUT2D eigenvalue weighted by Gasteiger charge is -2.28. The second kappa shape index (κ2) is 7.06. The molecular weight excluding hydrogens is 320 g/mol. The minimum Gasteiger partial charge on any atom is -0.466 e. The molecule has 1 saturated heterocycles. The molecule has 0 spiro atoms. The monoisotopic (exact) mass is 336 g/mol. The van der Waals surface area contributed by atoms with E-state index >= 15 is 0 Å². The Morgan fingerprint density at radius 1 is 1.30 bits per heavy atom. The molecular formula is C15H17ClN4O3. The summed E-state index contributed by atoms with van der Waals surface area (Å²) in [6.07, 6.45) is 0.00924. The molecule has 122 valence electrons. The van der Waals surface area contributed by atoms with Crippen molar-refractivity contribution >= 4 is 34.4 Å². The number of carbonyl (C=O) groups excluding carboxylic acids is 1. The van der Waals surface area contributed by atoms with Crippen molar-refractivity contribution in [3.05, 3.63) is 23.1 Å². The Morgan fingerprint density at radius 2 is 2.09 bits per heavy atom. The summed E-state index contributed by atoms with van der Waals surface area (Å²) in [4.78, 5) is 27.0. The van der Waals surface area contributed by atoms with Crippen LogP contribution in [0.15, 0.2) is 12.1 Å². The molecule has 23 heavy (non-hydrogen) atoms. The number of ether oxygens (including phenoxy) is 2. The van der Waals surface area contributed by atoms with Crippen LogP contribution in [-0.4, -0.2) is 53.8 Å². The van der Waals surface area contributed by atoms with Crippen LogP contribution >= 0.6 is 11.6 Å². The minimum absolute atomic E-state index is 0.00924. The summed E-state index contributed by atoms with van der Waals surface area (Å²) in [6.45, 7) is 4.83. The molecule has 3 rings (SSSR count). The second-order valence-electron chi connectivity index (χ2n) is 5.05. The van der Waals surface area contributed by atoms with Gasteiger partial charge in [-0.3, -0.25) is 4.79 Å². The average Bonchev–Trinajstić information content (AvgIpc) is 2.54. The van der Waals surface area contributed by atoms with Gasteiger partial charge in [-0.15, -0.1) is 0 Å². The molecule has 0 aliphatic carbocycles. The first-order chi connectivity index (χ1) is 11.2. The van der Waals surface area contributed by atoms with Crippen molar-refractivity contribution in [3.63, 3.8) is 0 Å². The molecule has 0 atom stereocenters. The number of fused-ring (bicyclic) bond motifs is 1. The van der Waals surface area contributed by atoms with E-state index in [1.807, 2.05) is 6.07 Å². The number of pyridine rings is 1. The summed E-state index contributed by atoms with van der Waals surface area (Å²) in [7, 11) is 0. The molecule has 7 nitrogen and oxygen atoms in total. The lowest BCUT2D eigenvalue weighted by atomic mass is 10.2. The molecule has 0 aromatic carbocycles. The van der Waals surface area contributed by atoms with E-state index in [-0.39, 0.29) is 12.4 Å². The highest BCUT2D eigenvalue weighted by atomic mass is 35.5. The molecule has 2 aromatic rings. The molecule has 0 saturated carbocycles. The van der Waals surface area contributed by atoms with E-state index in [0.717, 1.165) is 24.3 Å². The maximum Gasteiger partial charge on any atom is 0.313 e. The predicted octanol–water partition coefficient (Wildman–Crippen LogP) is 1.62. The van der Waals surface area contributed by atoms with E-state index in [1.54, 1.807) is 13.0 Å². The van der Waals surface area contributed by atoms with Gasteiger partial charge in [-0.2, -0.15) is 0 Å². The van der Waals surface area contributed by atoms with Crippen LogP contribution in [0.25, 0.3) is 11.0 Å². The molecule has 0 unspecified atom stereocenters. The highest BCUT2D eigenvalue weighted by Crippen LogP contribution is 2.25. The molecule has 8 heteroatoms. The van der Waals surface area contributed by atoms with Crippen molar-refractivity contribution in [1.29, 1.82) is 0 Å². The van der Waals surface area contributed by atoms with Crippen molar-refractivity contribution < 1.29 is 14.3 Å². The van der Waals surface area contributed by atoms with Gasteiger partial charge in [0, 0.05) is 13.1 Å². The van der Waals surface area contributed by atoms with Crippen molar-refractivity contribution in [1.82, 2.24) is 15.0 Å². The summed E-state index contributed by atoms with van der Waals surface area (Å²) in [6, 6.07) is 3.56. The molecule has 0 amide bonds. The zero-order chi connectivity index (χ0) is 16.2. The first kappa shape index (κ1) is 15.9. The van der Waals surface area contributed by atoms with Crippen LogP contribution in [0, 0.1) is 0 Å². The Bertz CT molecular complexity index is 719. The Hall–Kier alpha value is -1.99. The molecule has 1 aliphatic heterocycles. The van der Waals surface area contributed by atoms with E-state index in [1.165, 1.54) is 0 Å². The number of halogens is 1. The van der Waals surface area contributed by atoms with Crippen molar-refractivity contribution in [2.24, 2.45) is 0 Å². The summed E-state index contributed by atoms with van der Waals surface area (Å²) in [5.41, 5.74) is 0.480. The van der Waals surface area contributed by atoms with Crippen molar-refractivity contribution in [3.8, 4) is 0 Å². The van der Waals surface area contributed by atoms with Gasteiger partial charge in [-0.1, -0.05) is 11.6 Å². The topological polar surface area (TPSA) is 77.4 Å². The SMILES string of the molecule is CCOC(=O)Cc1nc(N2CCOCC2)c2ccc(Cl)nc2n1. The standard InChI is InChI=1S/C15H17ClN4O3/c1-2-23-13(21)9-12-18-14-10(3-4-11(16)17-14)15(19-12)20-5-7-22-8-6-20/h3-4H,2,5-9H2,1H3. The molecule has 0 N–H and O–H groups in total.